The number of aromatic nitrogens is 2. The lowest BCUT2D eigenvalue weighted by Gasteiger charge is -2.28. The number of hydrogen-bond acceptors (Lipinski definition) is 6. The first-order chi connectivity index (χ1) is 11.0. The van der Waals surface area contributed by atoms with Crippen LogP contribution in [0, 0.1) is 0 Å². The maximum atomic E-state index is 12.3. The average Bonchev–Trinajstić information content (AvgIpc) is 2.96. The fourth-order valence-corrected chi connectivity index (χ4v) is 3.44. The van der Waals surface area contributed by atoms with Gasteiger partial charge in [0.2, 0.25) is 0 Å². The van der Waals surface area contributed by atoms with Crippen LogP contribution in [0.2, 0.25) is 0 Å². The van der Waals surface area contributed by atoms with Crippen molar-refractivity contribution in [2.75, 3.05) is 20.6 Å². The van der Waals surface area contributed by atoms with Gasteiger partial charge >= 0.3 is 0 Å². The van der Waals surface area contributed by atoms with E-state index >= 15 is 0 Å². The third-order valence-corrected chi connectivity index (χ3v) is 5.56. The van der Waals surface area contributed by atoms with Crippen molar-refractivity contribution >= 4 is 10.2 Å². The molecule has 0 saturated carbocycles. The van der Waals surface area contributed by atoms with Crippen molar-refractivity contribution in [3.05, 3.63) is 41.5 Å². The number of hydrogen-bond donors (Lipinski definition) is 0. The van der Waals surface area contributed by atoms with E-state index in [2.05, 4.69) is 10.1 Å². The molecule has 8 nitrogen and oxygen atoms in total. The van der Waals surface area contributed by atoms with Gasteiger partial charge in [-0.05, 0) is 12.1 Å². The SMILES string of the molecule is CN(C)S(=O)(=O)N1CCc2onc(COc3cccnc3)c2C1. The molecular weight excluding hydrogens is 320 g/mol. The molecule has 0 unspecified atom stereocenters. The largest absolute Gasteiger partial charge is 0.486 e. The Hall–Kier alpha value is -1.97. The van der Waals surface area contributed by atoms with Crippen molar-refractivity contribution in [3.8, 4) is 5.75 Å². The van der Waals surface area contributed by atoms with Gasteiger partial charge in [0.15, 0.2) is 0 Å². The summed E-state index contributed by atoms with van der Waals surface area (Å²) in [5, 5.41) is 4.02. The summed E-state index contributed by atoms with van der Waals surface area (Å²) in [6.07, 6.45) is 3.77. The molecule has 23 heavy (non-hydrogen) atoms. The minimum atomic E-state index is -3.46. The predicted molar refractivity (Wildman–Crippen MR) is 81.8 cm³/mol. The van der Waals surface area contributed by atoms with E-state index in [9.17, 15) is 8.42 Å². The molecule has 0 atom stereocenters. The second-order valence-corrected chi connectivity index (χ2v) is 7.52. The van der Waals surface area contributed by atoms with E-state index in [-0.39, 0.29) is 13.2 Å². The molecule has 0 bridgehead atoms. The lowest BCUT2D eigenvalue weighted by molar-refractivity contribution is 0.286. The number of nitrogens with zero attached hydrogens (tertiary/aromatic N) is 4. The van der Waals surface area contributed by atoms with Crippen molar-refractivity contribution in [2.24, 2.45) is 0 Å². The van der Waals surface area contributed by atoms with Crippen molar-refractivity contribution in [1.29, 1.82) is 0 Å². The quantitative estimate of drug-likeness (QED) is 0.802. The molecule has 2 aromatic heterocycles. The van der Waals surface area contributed by atoms with Crippen molar-refractivity contribution < 1.29 is 17.7 Å². The lowest BCUT2D eigenvalue weighted by Crippen LogP contribution is -2.42. The highest BCUT2D eigenvalue weighted by Gasteiger charge is 2.32. The van der Waals surface area contributed by atoms with Crippen LogP contribution in [0.4, 0.5) is 0 Å². The molecule has 0 spiro atoms. The van der Waals surface area contributed by atoms with Gasteiger partial charge in [0.1, 0.15) is 23.8 Å². The zero-order valence-corrected chi connectivity index (χ0v) is 13.8. The van der Waals surface area contributed by atoms with Crippen molar-refractivity contribution in [2.45, 2.75) is 19.6 Å². The molecule has 124 valence electrons. The Bertz CT molecular complexity index is 773. The zero-order valence-electron chi connectivity index (χ0n) is 13.0. The van der Waals surface area contributed by atoms with E-state index in [4.69, 9.17) is 9.26 Å². The maximum absolute atomic E-state index is 12.3. The van der Waals surface area contributed by atoms with Crippen LogP contribution < -0.4 is 4.74 Å². The fraction of sp³-hybridized carbons (Fsp3) is 0.429. The van der Waals surface area contributed by atoms with Crippen LogP contribution in [0.15, 0.2) is 29.0 Å². The molecular formula is C14H18N4O4S. The molecule has 0 aromatic carbocycles. The minimum absolute atomic E-state index is 0.209. The van der Waals surface area contributed by atoms with Crippen LogP contribution >= 0.6 is 0 Å². The summed E-state index contributed by atoms with van der Waals surface area (Å²) in [6, 6.07) is 3.57. The summed E-state index contributed by atoms with van der Waals surface area (Å²) in [6.45, 7) is 0.830. The highest BCUT2D eigenvalue weighted by atomic mass is 32.2. The first-order valence-electron chi connectivity index (χ1n) is 7.15. The normalized spacial score (nSPS) is 15.6. The molecule has 0 N–H and O–H groups in total. The van der Waals surface area contributed by atoms with E-state index in [1.54, 1.807) is 24.5 Å². The Kier molecular flexibility index (Phi) is 4.33. The molecule has 3 rings (SSSR count). The standard InChI is InChI=1S/C14H18N4O4S/c1-17(2)23(19,20)18-7-5-14-12(9-18)13(16-22-14)10-21-11-4-3-6-15-8-11/h3-4,6,8H,5,7,9-10H2,1-2H3. The summed E-state index contributed by atoms with van der Waals surface area (Å²) in [5.74, 6) is 1.35. The van der Waals surface area contributed by atoms with Crippen LogP contribution in [0.1, 0.15) is 17.0 Å². The molecule has 1 aliphatic heterocycles. The molecule has 0 aliphatic carbocycles. The van der Waals surface area contributed by atoms with Crippen LogP contribution in [0.5, 0.6) is 5.75 Å². The smallest absolute Gasteiger partial charge is 0.281 e. The van der Waals surface area contributed by atoms with Crippen LogP contribution in [-0.2, 0) is 29.8 Å². The Labute approximate surface area is 134 Å². The number of fused-ring (bicyclic) bond motifs is 1. The summed E-state index contributed by atoms with van der Waals surface area (Å²) in [7, 11) is -0.421. The van der Waals surface area contributed by atoms with Gasteiger partial charge in [-0.2, -0.15) is 17.0 Å². The van der Waals surface area contributed by atoms with Crippen molar-refractivity contribution in [3.63, 3.8) is 0 Å². The van der Waals surface area contributed by atoms with Gasteiger partial charge < -0.3 is 9.26 Å². The molecule has 9 heteroatoms. The van der Waals surface area contributed by atoms with Gasteiger partial charge in [-0.25, -0.2) is 0 Å². The third-order valence-electron chi connectivity index (χ3n) is 3.67. The number of ether oxygens (including phenoxy) is 1. The average molecular weight is 338 g/mol. The molecule has 3 heterocycles. The maximum Gasteiger partial charge on any atom is 0.281 e. The Morgan fingerprint density at radius 2 is 2.26 bits per heavy atom. The minimum Gasteiger partial charge on any atom is -0.486 e. The summed E-state index contributed by atoms with van der Waals surface area (Å²) < 4.78 is 38.1. The molecule has 1 aliphatic rings. The van der Waals surface area contributed by atoms with E-state index in [1.807, 2.05) is 0 Å². The highest BCUT2D eigenvalue weighted by Crippen LogP contribution is 2.25. The second-order valence-electron chi connectivity index (χ2n) is 5.38. The molecule has 0 fully saturated rings. The fourth-order valence-electron chi connectivity index (χ4n) is 2.36. The van der Waals surface area contributed by atoms with Crippen LogP contribution in [0.25, 0.3) is 0 Å². The molecule has 2 aromatic rings. The summed E-state index contributed by atoms with van der Waals surface area (Å²) in [4.78, 5) is 3.97. The number of pyridine rings is 1. The Balaban J connectivity index is 1.76. The first-order valence-corrected chi connectivity index (χ1v) is 8.55. The van der Waals surface area contributed by atoms with Gasteiger partial charge in [-0.15, -0.1) is 0 Å². The zero-order chi connectivity index (χ0) is 16.4. The van der Waals surface area contributed by atoms with E-state index in [0.29, 0.717) is 24.4 Å². The Morgan fingerprint density at radius 1 is 1.43 bits per heavy atom. The van der Waals surface area contributed by atoms with E-state index in [1.165, 1.54) is 22.7 Å². The highest BCUT2D eigenvalue weighted by molar-refractivity contribution is 7.86. The van der Waals surface area contributed by atoms with Gasteiger partial charge in [0, 0.05) is 45.4 Å². The number of rotatable bonds is 5. The topological polar surface area (TPSA) is 88.8 Å². The summed E-state index contributed by atoms with van der Waals surface area (Å²) >= 11 is 0. The Morgan fingerprint density at radius 3 is 2.96 bits per heavy atom. The lowest BCUT2D eigenvalue weighted by atomic mass is 10.1. The van der Waals surface area contributed by atoms with Crippen LogP contribution in [0.3, 0.4) is 0 Å². The predicted octanol–water partition coefficient (Wildman–Crippen LogP) is 0.813. The third kappa shape index (κ3) is 3.21. The van der Waals surface area contributed by atoms with E-state index < -0.39 is 10.2 Å². The second kappa shape index (κ2) is 6.26. The van der Waals surface area contributed by atoms with Gasteiger partial charge in [-0.1, -0.05) is 5.16 Å². The van der Waals surface area contributed by atoms with Crippen LogP contribution in [-0.4, -0.2) is 47.8 Å². The molecule has 0 saturated heterocycles. The van der Waals surface area contributed by atoms with E-state index in [0.717, 1.165) is 11.3 Å². The molecule has 0 amide bonds. The van der Waals surface area contributed by atoms with Gasteiger partial charge in [-0.3, -0.25) is 4.98 Å². The van der Waals surface area contributed by atoms with Crippen molar-refractivity contribution in [1.82, 2.24) is 18.8 Å². The summed E-state index contributed by atoms with van der Waals surface area (Å²) in [5.41, 5.74) is 1.40. The molecule has 0 radical (unpaired) electrons. The van der Waals surface area contributed by atoms with Gasteiger partial charge in [0.05, 0.1) is 6.20 Å². The van der Waals surface area contributed by atoms with Gasteiger partial charge in [0.25, 0.3) is 10.2 Å². The first kappa shape index (κ1) is 15.9. The monoisotopic (exact) mass is 338 g/mol.